The fraction of sp³-hybridized carbons (Fsp3) is 1.00. The first-order valence-corrected chi connectivity index (χ1v) is 9.05. The first-order chi connectivity index (χ1) is 9.29. The number of aliphatic hydroxyl groups is 1. The first kappa shape index (κ1) is 14.2. The van der Waals surface area contributed by atoms with Gasteiger partial charge in [0.05, 0.1) is 11.7 Å². The van der Waals surface area contributed by atoms with E-state index in [1.807, 2.05) is 11.8 Å². The van der Waals surface area contributed by atoms with Crippen molar-refractivity contribution in [3.63, 3.8) is 0 Å². The van der Waals surface area contributed by atoms with E-state index >= 15 is 0 Å². The first-order valence-electron chi connectivity index (χ1n) is 7.90. The molecule has 0 aliphatic carbocycles. The lowest BCUT2D eigenvalue weighted by Crippen LogP contribution is -2.47. The quantitative estimate of drug-likeness (QED) is 0.815. The second-order valence-corrected chi connectivity index (χ2v) is 7.70. The molecular formula is C15H27NO2S. The Morgan fingerprint density at radius 2 is 1.84 bits per heavy atom. The van der Waals surface area contributed by atoms with E-state index in [9.17, 15) is 5.11 Å². The Morgan fingerprint density at radius 1 is 1.11 bits per heavy atom. The van der Waals surface area contributed by atoms with E-state index in [4.69, 9.17) is 4.74 Å². The van der Waals surface area contributed by atoms with Crippen molar-refractivity contribution in [2.75, 3.05) is 31.2 Å². The number of thioether (sulfide) groups is 1. The summed E-state index contributed by atoms with van der Waals surface area (Å²) in [6.07, 6.45) is 6.71. The van der Waals surface area contributed by atoms with Crippen LogP contribution in [0.15, 0.2) is 0 Å². The van der Waals surface area contributed by atoms with E-state index in [-0.39, 0.29) is 11.7 Å². The van der Waals surface area contributed by atoms with Gasteiger partial charge in [-0.25, -0.2) is 0 Å². The number of rotatable bonds is 2. The number of hydrogen-bond donors (Lipinski definition) is 2. The number of aliphatic hydroxyl groups excluding tert-OH is 1. The second-order valence-electron chi connectivity index (χ2n) is 6.47. The maximum absolute atomic E-state index is 10.7. The maximum Gasteiger partial charge on any atom is 0.0701 e. The van der Waals surface area contributed by atoms with Gasteiger partial charge in [0.25, 0.3) is 0 Å². The molecule has 0 saturated carbocycles. The normalized spacial score (nSPS) is 34.3. The van der Waals surface area contributed by atoms with Gasteiger partial charge in [0, 0.05) is 6.61 Å². The molecule has 3 aliphatic rings. The Morgan fingerprint density at radius 3 is 2.58 bits per heavy atom. The van der Waals surface area contributed by atoms with Crippen LogP contribution in [0.3, 0.4) is 0 Å². The monoisotopic (exact) mass is 285 g/mol. The number of nitrogens with one attached hydrogen (secondary N) is 1. The second kappa shape index (κ2) is 6.33. The molecule has 0 bridgehead atoms. The Balaban J connectivity index is 1.60. The van der Waals surface area contributed by atoms with Crippen molar-refractivity contribution in [2.45, 2.75) is 50.2 Å². The van der Waals surface area contributed by atoms with Crippen molar-refractivity contribution in [2.24, 2.45) is 11.8 Å². The highest BCUT2D eigenvalue weighted by molar-refractivity contribution is 7.99. The van der Waals surface area contributed by atoms with E-state index in [1.54, 1.807) is 0 Å². The van der Waals surface area contributed by atoms with E-state index < -0.39 is 0 Å². The molecule has 3 heterocycles. The molecule has 3 rings (SSSR count). The molecule has 0 aromatic rings. The van der Waals surface area contributed by atoms with Gasteiger partial charge in [-0.1, -0.05) is 0 Å². The molecule has 0 aromatic heterocycles. The van der Waals surface area contributed by atoms with Gasteiger partial charge in [0.1, 0.15) is 0 Å². The molecule has 2 unspecified atom stereocenters. The molecule has 19 heavy (non-hydrogen) atoms. The Bertz CT molecular complexity index is 282. The van der Waals surface area contributed by atoms with E-state index in [1.165, 1.54) is 24.3 Å². The smallest absolute Gasteiger partial charge is 0.0701 e. The zero-order chi connectivity index (χ0) is 13.1. The minimum absolute atomic E-state index is 0.0996. The van der Waals surface area contributed by atoms with Gasteiger partial charge in [-0.05, 0) is 75.0 Å². The highest BCUT2D eigenvalue weighted by Crippen LogP contribution is 2.42. The Kier molecular flexibility index (Phi) is 4.73. The third-order valence-electron chi connectivity index (χ3n) is 5.28. The van der Waals surface area contributed by atoms with Crippen LogP contribution in [0.1, 0.15) is 38.5 Å². The number of ether oxygens (including phenoxy) is 1. The number of hydrogen-bond acceptors (Lipinski definition) is 4. The van der Waals surface area contributed by atoms with Gasteiger partial charge in [0.15, 0.2) is 0 Å². The van der Waals surface area contributed by atoms with Gasteiger partial charge in [-0.3, -0.25) is 0 Å². The minimum atomic E-state index is -0.0996. The van der Waals surface area contributed by atoms with Crippen molar-refractivity contribution < 1.29 is 9.84 Å². The lowest BCUT2D eigenvalue weighted by Gasteiger charge is -2.46. The number of piperidine rings is 1. The topological polar surface area (TPSA) is 41.5 Å². The zero-order valence-corrected chi connectivity index (χ0v) is 12.6. The molecule has 0 aromatic carbocycles. The molecule has 3 aliphatic heterocycles. The summed E-state index contributed by atoms with van der Waals surface area (Å²) >= 11 is 2.05. The molecular weight excluding hydrogens is 258 g/mol. The van der Waals surface area contributed by atoms with Gasteiger partial charge >= 0.3 is 0 Å². The zero-order valence-electron chi connectivity index (χ0n) is 11.8. The lowest BCUT2D eigenvalue weighted by molar-refractivity contribution is -0.128. The van der Waals surface area contributed by atoms with Crippen molar-refractivity contribution in [1.82, 2.24) is 5.32 Å². The fourth-order valence-corrected chi connectivity index (χ4v) is 5.26. The van der Waals surface area contributed by atoms with Crippen LogP contribution in [0, 0.1) is 11.8 Å². The lowest BCUT2D eigenvalue weighted by atomic mass is 9.75. The molecule has 4 heteroatoms. The standard InChI is InChI=1S/C15H27NO2S/c17-14(12-1-6-16-7-2-12)13-3-8-18-15(11-13)4-9-19-10-5-15/h12-14,16-17H,1-11H2. The predicted molar refractivity (Wildman–Crippen MR) is 79.6 cm³/mol. The predicted octanol–water partition coefficient (Wildman–Crippen LogP) is 2.04. The minimum Gasteiger partial charge on any atom is -0.393 e. The van der Waals surface area contributed by atoms with Crippen LogP contribution in [0.2, 0.25) is 0 Å². The van der Waals surface area contributed by atoms with Crippen molar-refractivity contribution in [3.05, 3.63) is 0 Å². The summed E-state index contributed by atoms with van der Waals surface area (Å²) in [4.78, 5) is 0. The average Bonchev–Trinajstić information content (AvgIpc) is 2.48. The molecule has 0 amide bonds. The van der Waals surface area contributed by atoms with E-state index in [0.29, 0.717) is 11.8 Å². The Labute approximate surface area is 120 Å². The largest absolute Gasteiger partial charge is 0.393 e. The van der Waals surface area contributed by atoms with Crippen LogP contribution in [0.25, 0.3) is 0 Å². The molecule has 110 valence electrons. The summed E-state index contributed by atoms with van der Waals surface area (Å²) < 4.78 is 6.14. The van der Waals surface area contributed by atoms with E-state index in [2.05, 4.69) is 5.32 Å². The average molecular weight is 285 g/mol. The molecule has 2 atom stereocenters. The fourth-order valence-electron chi connectivity index (χ4n) is 4.02. The SMILES string of the molecule is OC(C1CCNCC1)C1CCOC2(CCSCC2)C1. The van der Waals surface area contributed by atoms with E-state index in [0.717, 1.165) is 45.4 Å². The summed E-state index contributed by atoms with van der Waals surface area (Å²) in [6, 6.07) is 0. The van der Waals surface area contributed by atoms with Crippen LogP contribution >= 0.6 is 11.8 Å². The molecule has 1 spiro atoms. The summed E-state index contributed by atoms with van der Waals surface area (Å²) in [7, 11) is 0. The molecule has 0 radical (unpaired) electrons. The van der Waals surface area contributed by atoms with Crippen LogP contribution < -0.4 is 5.32 Å². The highest BCUT2D eigenvalue weighted by Gasteiger charge is 2.42. The van der Waals surface area contributed by atoms with Crippen LogP contribution in [0.5, 0.6) is 0 Å². The third kappa shape index (κ3) is 3.29. The highest BCUT2D eigenvalue weighted by atomic mass is 32.2. The molecule has 3 fully saturated rings. The summed E-state index contributed by atoms with van der Waals surface area (Å²) in [5.74, 6) is 3.45. The van der Waals surface area contributed by atoms with Crippen LogP contribution in [0.4, 0.5) is 0 Å². The van der Waals surface area contributed by atoms with Crippen LogP contribution in [-0.4, -0.2) is 48.0 Å². The van der Waals surface area contributed by atoms with Gasteiger partial charge in [0.2, 0.25) is 0 Å². The Hall–Kier alpha value is 0.230. The van der Waals surface area contributed by atoms with Crippen molar-refractivity contribution in [3.8, 4) is 0 Å². The van der Waals surface area contributed by atoms with Gasteiger partial charge in [-0.15, -0.1) is 0 Å². The summed E-state index contributed by atoms with van der Waals surface area (Å²) in [5, 5.41) is 14.1. The third-order valence-corrected chi connectivity index (χ3v) is 6.27. The van der Waals surface area contributed by atoms with Crippen molar-refractivity contribution in [1.29, 1.82) is 0 Å². The molecule has 3 saturated heterocycles. The maximum atomic E-state index is 10.7. The van der Waals surface area contributed by atoms with Crippen LogP contribution in [-0.2, 0) is 4.74 Å². The molecule has 2 N–H and O–H groups in total. The molecule has 3 nitrogen and oxygen atoms in total. The summed E-state index contributed by atoms with van der Waals surface area (Å²) in [6.45, 7) is 3.01. The van der Waals surface area contributed by atoms with Gasteiger partial charge in [-0.2, -0.15) is 11.8 Å². The summed E-state index contributed by atoms with van der Waals surface area (Å²) in [5.41, 5.74) is 0.113. The van der Waals surface area contributed by atoms with Gasteiger partial charge < -0.3 is 15.2 Å². The van der Waals surface area contributed by atoms with Crippen molar-refractivity contribution >= 4 is 11.8 Å².